The van der Waals surface area contributed by atoms with Crippen LogP contribution in [0.1, 0.15) is 24.0 Å². The molecule has 1 aromatic rings. The molecular formula is C15H17F3N2O3. The molecule has 5 nitrogen and oxygen atoms in total. The summed E-state index contributed by atoms with van der Waals surface area (Å²) in [4.78, 5) is 22.7. The number of alkyl halides is 3. The van der Waals surface area contributed by atoms with Gasteiger partial charge < -0.3 is 10.4 Å². The first-order chi connectivity index (χ1) is 10.8. The average Bonchev–Trinajstić information content (AvgIpc) is 2.96. The summed E-state index contributed by atoms with van der Waals surface area (Å²) < 4.78 is 38.5. The van der Waals surface area contributed by atoms with Crippen LogP contribution in [0.15, 0.2) is 24.3 Å². The van der Waals surface area contributed by atoms with Gasteiger partial charge in [0, 0.05) is 6.54 Å². The van der Waals surface area contributed by atoms with E-state index >= 15 is 0 Å². The molecule has 1 aliphatic rings. The van der Waals surface area contributed by atoms with Crippen LogP contribution >= 0.6 is 0 Å². The van der Waals surface area contributed by atoms with Crippen molar-refractivity contribution in [2.75, 3.05) is 6.54 Å². The number of amides is 1. The summed E-state index contributed by atoms with van der Waals surface area (Å²) in [6.07, 6.45) is -3.63. The van der Waals surface area contributed by atoms with Gasteiger partial charge in [-0.3, -0.25) is 14.9 Å². The van der Waals surface area contributed by atoms with Gasteiger partial charge in [-0.15, -0.1) is 0 Å². The maximum atomic E-state index is 12.8. The Hall–Kier alpha value is -2.09. The van der Waals surface area contributed by atoms with Gasteiger partial charge in [-0.05, 0) is 30.9 Å². The first-order valence-corrected chi connectivity index (χ1v) is 7.20. The number of nitrogens with one attached hydrogen (secondary N) is 2. The van der Waals surface area contributed by atoms with E-state index in [0.717, 1.165) is 6.07 Å². The molecule has 0 aliphatic carbocycles. The molecular weight excluding hydrogens is 313 g/mol. The number of carbonyl (C=O) groups is 2. The molecule has 2 atom stereocenters. The molecule has 0 saturated carbocycles. The SMILES string of the molecule is O=C(O)[C@@H]1CC[C@H](C(=O)NCCc2ccccc2C(F)(F)F)N1. The number of aliphatic carboxylic acids is 1. The maximum Gasteiger partial charge on any atom is 0.416 e. The van der Waals surface area contributed by atoms with E-state index in [1.807, 2.05) is 0 Å². The fraction of sp³-hybridized carbons (Fsp3) is 0.467. The van der Waals surface area contributed by atoms with Crippen LogP contribution in [0, 0.1) is 0 Å². The number of carbonyl (C=O) groups excluding carboxylic acids is 1. The number of rotatable bonds is 5. The van der Waals surface area contributed by atoms with E-state index in [1.165, 1.54) is 18.2 Å². The molecule has 1 aliphatic heterocycles. The van der Waals surface area contributed by atoms with Gasteiger partial charge in [-0.25, -0.2) is 0 Å². The normalized spacial score (nSPS) is 21.2. The Balaban J connectivity index is 1.86. The fourth-order valence-corrected chi connectivity index (χ4v) is 2.60. The number of hydrogen-bond donors (Lipinski definition) is 3. The number of benzene rings is 1. The van der Waals surface area contributed by atoms with Gasteiger partial charge in [0.2, 0.25) is 5.91 Å². The van der Waals surface area contributed by atoms with Crippen LogP contribution in [0.5, 0.6) is 0 Å². The molecule has 2 rings (SSSR count). The first-order valence-electron chi connectivity index (χ1n) is 7.20. The molecule has 1 fully saturated rings. The molecule has 1 aromatic carbocycles. The maximum absolute atomic E-state index is 12.8. The Kier molecular flexibility index (Phi) is 5.25. The number of carboxylic acids is 1. The van der Waals surface area contributed by atoms with Crippen molar-refractivity contribution in [2.24, 2.45) is 0 Å². The standard InChI is InChI=1S/C15H17F3N2O3/c16-15(17,18)10-4-2-1-3-9(10)7-8-19-13(21)11-5-6-12(20-11)14(22)23/h1-4,11-12,20H,5-8H2,(H,19,21)(H,22,23)/t11-,12+/m1/s1. The van der Waals surface area contributed by atoms with Gasteiger partial charge in [0.1, 0.15) is 6.04 Å². The Morgan fingerprint density at radius 3 is 2.48 bits per heavy atom. The highest BCUT2D eigenvalue weighted by Crippen LogP contribution is 2.31. The minimum absolute atomic E-state index is 0.0521. The largest absolute Gasteiger partial charge is 0.480 e. The minimum Gasteiger partial charge on any atom is -0.480 e. The van der Waals surface area contributed by atoms with Gasteiger partial charge >= 0.3 is 12.1 Å². The van der Waals surface area contributed by atoms with Crippen molar-refractivity contribution < 1.29 is 27.9 Å². The second-order valence-electron chi connectivity index (χ2n) is 5.38. The second-order valence-corrected chi connectivity index (χ2v) is 5.38. The molecule has 3 N–H and O–H groups in total. The third-order valence-corrected chi connectivity index (χ3v) is 3.78. The van der Waals surface area contributed by atoms with Gasteiger partial charge in [0.05, 0.1) is 11.6 Å². The smallest absolute Gasteiger partial charge is 0.416 e. The summed E-state index contributed by atoms with van der Waals surface area (Å²) in [5, 5.41) is 14.1. The van der Waals surface area contributed by atoms with E-state index in [0.29, 0.717) is 12.8 Å². The average molecular weight is 330 g/mol. The van der Waals surface area contributed by atoms with Crippen LogP contribution in [0.4, 0.5) is 13.2 Å². The lowest BCUT2D eigenvalue weighted by molar-refractivity contribution is -0.139. The number of carboxylic acid groups (broad SMARTS) is 1. The summed E-state index contributed by atoms with van der Waals surface area (Å²) in [6.45, 7) is 0.0574. The zero-order valence-corrected chi connectivity index (χ0v) is 12.2. The van der Waals surface area contributed by atoms with Crippen molar-refractivity contribution in [1.29, 1.82) is 0 Å². The van der Waals surface area contributed by atoms with Gasteiger partial charge in [-0.2, -0.15) is 13.2 Å². The molecule has 0 bridgehead atoms. The van der Waals surface area contributed by atoms with Crippen LogP contribution in [0.3, 0.4) is 0 Å². The molecule has 1 heterocycles. The summed E-state index contributed by atoms with van der Waals surface area (Å²) in [7, 11) is 0. The lowest BCUT2D eigenvalue weighted by Gasteiger charge is -2.15. The van der Waals surface area contributed by atoms with E-state index < -0.39 is 35.7 Å². The van der Waals surface area contributed by atoms with Crippen molar-refractivity contribution in [3.05, 3.63) is 35.4 Å². The van der Waals surface area contributed by atoms with E-state index in [4.69, 9.17) is 5.11 Å². The van der Waals surface area contributed by atoms with E-state index in [1.54, 1.807) is 0 Å². The van der Waals surface area contributed by atoms with E-state index in [2.05, 4.69) is 10.6 Å². The quantitative estimate of drug-likeness (QED) is 0.766. The lowest BCUT2D eigenvalue weighted by atomic mass is 10.0. The Bertz CT molecular complexity index is 590. The molecule has 0 unspecified atom stereocenters. The van der Waals surface area contributed by atoms with Crippen molar-refractivity contribution in [2.45, 2.75) is 37.5 Å². The number of halogens is 3. The monoisotopic (exact) mass is 330 g/mol. The highest BCUT2D eigenvalue weighted by Gasteiger charge is 2.34. The van der Waals surface area contributed by atoms with Crippen LogP contribution in [0.25, 0.3) is 0 Å². The highest BCUT2D eigenvalue weighted by atomic mass is 19.4. The van der Waals surface area contributed by atoms with Gasteiger partial charge in [0.15, 0.2) is 0 Å². The van der Waals surface area contributed by atoms with Crippen LogP contribution < -0.4 is 10.6 Å². The highest BCUT2D eigenvalue weighted by molar-refractivity contribution is 5.84. The molecule has 0 radical (unpaired) electrons. The van der Waals surface area contributed by atoms with E-state index in [9.17, 15) is 22.8 Å². The molecule has 23 heavy (non-hydrogen) atoms. The predicted molar refractivity (Wildman–Crippen MR) is 75.7 cm³/mol. The predicted octanol–water partition coefficient (Wildman–Crippen LogP) is 1.57. The third kappa shape index (κ3) is 4.44. The minimum atomic E-state index is -4.43. The summed E-state index contributed by atoms with van der Waals surface area (Å²) in [6, 6.07) is 3.85. The van der Waals surface area contributed by atoms with Gasteiger partial charge in [-0.1, -0.05) is 18.2 Å². The molecule has 1 saturated heterocycles. The molecule has 126 valence electrons. The van der Waals surface area contributed by atoms with Crippen molar-refractivity contribution in [3.8, 4) is 0 Å². The molecule has 1 amide bonds. The third-order valence-electron chi connectivity index (χ3n) is 3.78. The topological polar surface area (TPSA) is 78.4 Å². The fourth-order valence-electron chi connectivity index (χ4n) is 2.60. The summed E-state index contributed by atoms with van der Waals surface area (Å²) >= 11 is 0. The van der Waals surface area contributed by atoms with Crippen molar-refractivity contribution >= 4 is 11.9 Å². The zero-order valence-electron chi connectivity index (χ0n) is 12.2. The van der Waals surface area contributed by atoms with Crippen LogP contribution in [-0.4, -0.2) is 35.6 Å². The molecule has 0 spiro atoms. The van der Waals surface area contributed by atoms with E-state index in [-0.39, 0.29) is 18.5 Å². The lowest BCUT2D eigenvalue weighted by Crippen LogP contribution is -2.45. The second kappa shape index (κ2) is 6.99. The molecule has 8 heteroatoms. The van der Waals surface area contributed by atoms with Gasteiger partial charge in [0.25, 0.3) is 0 Å². The van der Waals surface area contributed by atoms with Crippen molar-refractivity contribution in [1.82, 2.24) is 10.6 Å². The van der Waals surface area contributed by atoms with Crippen molar-refractivity contribution in [3.63, 3.8) is 0 Å². The van der Waals surface area contributed by atoms with Crippen LogP contribution in [-0.2, 0) is 22.2 Å². The first kappa shape index (κ1) is 17.3. The summed E-state index contributed by atoms with van der Waals surface area (Å²) in [5.74, 6) is -1.40. The Labute approximate surface area is 130 Å². The summed E-state index contributed by atoms with van der Waals surface area (Å²) in [5.41, 5.74) is -0.595. The number of hydrogen-bond acceptors (Lipinski definition) is 3. The van der Waals surface area contributed by atoms with Crippen LogP contribution in [0.2, 0.25) is 0 Å². The zero-order chi connectivity index (χ0) is 17.0. The molecule has 0 aromatic heterocycles. The Morgan fingerprint density at radius 2 is 1.87 bits per heavy atom. The Morgan fingerprint density at radius 1 is 1.22 bits per heavy atom.